The Labute approximate surface area is 140 Å². The van der Waals surface area contributed by atoms with E-state index in [1.807, 2.05) is 11.8 Å². The van der Waals surface area contributed by atoms with Gasteiger partial charge in [-0.1, -0.05) is 6.07 Å². The Morgan fingerprint density at radius 1 is 1.33 bits per heavy atom. The van der Waals surface area contributed by atoms with Crippen molar-refractivity contribution in [1.82, 2.24) is 10.4 Å². The van der Waals surface area contributed by atoms with E-state index in [0.717, 1.165) is 25.0 Å². The second-order valence-corrected chi connectivity index (χ2v) is 6.16. The number of amides is 2. The molecule has 24 heavy (non-hydrogen) atoms. The molecule has 0 spiro atoms. The molecule has 1 fully saturated rings. The van der Waals surface area contributed by atoms with Crippen LogP contribution in [0.2, 0.25) is 0 Å². The van der Waals surface area contributed by atoms with E-state index in [0.29, 0.717) is 31.1 Å². The average molecular weight is 334 g/mol. The molecule has 0 radical (unpaired) electrons. The van der Waals surface area contributed by atoms with Crippen molar-refractivity contribution in [2.75, 3.05) is 26.4 Å². The molecule has 0 aliphatic carbocycles. The molecule has 2 aliphatic heterocycles. The van der Waals surface area contributed by atoms with Crippen LogP contribution in [0.4, 0.5) is 0 Å². The smallest absolute Gasteiger partial charge is 0.274 e. The highest BCUT2D eigenvalue weighted by atomic mass is 16.5. The van der Waals surface area contributed by atoms with Gasteiger partial charge in [-0.25, -0.2) is 5.48 Å². The van der Waals surface area contributed by atoms with Crippen molar-refractivity contribution in [1.29, 1.82) is 0 Å². The largest absolute Gasteiger partial charge is 0.491 e. The van der Waals surface area contributed by atoms with Crippen molar-refractivity contribution in [2.45, 2.75) is 25.8 Å². The molecule has 2 N–H and O–H groups in total. The van der Waals surface area contributed by atoms with E-state index in [2.05, 4.69) is 0 Å². The SMILES string of the molecule is CC1c2ccc(C(=O)NO)cc2OCCN1C(=O)[C@@H]1CCCOC1. The van der Waals surface area contributed by atoms with Crippen LogP contribution in [0.25, 0.3) is 0 Å². The molecule has 2 heterocycles. The van der Waals surface area contributed by atoms with Gasteiger partial charge in [-0.2, -0.15) is 0 Å². The van der Waals surface area contributed by atoms with Crippen LogP contribution >= 0.6 is 0 Å². The lowest BCUT2D eigenvalue weighted by atomic mass is 9.98. The first-order chi connectivity index (χ1) is 11.6. The molecule has 2 aliphatic rings. The molecule has 2 atom stereocenters. The van der Waals surface area contributed by atoms with Crippen LogP contribution in [0.3, 0.4) is 0 Å². The lowest BCUT2D eigenvalue weighted by Crippen LogP contribution is -2.41. The highest BCUT2D eigenvalue weighted by Crippen LogP contribution is 2.34. The van der Waals surface area contributed by atoms with Gasteiger partial charge in [-0.3, -0.25) is 14.8 Å². The summed E-state index contributed by atoms with van der Waals surface area (Å²) in [6, 6.07) is 4.83. The molecule has 1 aromatic rings. The summed E-state index contributed by atoms with van der Waals surface area (Å²) < 4.78 is 11.2. The van der Waals surface area contributed by atoms with Gasteiger partial charge in [0.25, 0.3) is 5.91 Å². The van der Waals surface area contributed by atoms with Crippen molar-refractivity contribution in [3.8, 4) is 5.75 Å². The molecule has 130 valence electrons. The summed E-state index contributed by atoms with van der Waals surface area (Å²) >= 11 is 0. The number of fused-ring (bicyclic) bond motifs is 1. The topological polar surface area (TPSA) is 88.1 Å². The minimum Gasteiger partial charge on any atom is -0.491 e. The summed E-state index contributed by atoms with van der Waals surface area (Å²) in [5.41, 5.74) is 2.77. The molecule has 1 aromatic carbocycles. The second kappa shape index (κ2) is 7.19. The van der Waals surface area contributed by atoms with Gasteiger partial charge in [0.1, 0.15) is 12.4 Å². The van der Waals surface area contributed by atoms with Gasteiger partial charge in [0.15, 0.2) is 0 Å². The number of hydrogen-bond donors (Lipinski definition) is 2. The van der Waals surface area contributed by atoms with Gasteiger partial charge >= 0.3 is 0 Å². The van der Waals surface area contributed by atoms with Gasteiger partial charge < -0.3 is 14.4 Å². The van der Waals surface area contributed by atoms with Gasteiger partial charge in [-0.05, 0) is 31.9 Å². The molecule has 3 rings (SSSR count). The normalized spacial score (nSPS) is 23.7. The third-order valence-electron chi connectivity index (χ3n) is 4.68. The zero-order chi connectivity index (χ0) is 17.1. The number of nitrogens with zero attached hydrogens (tertiary/aromatic N) is 1. The van der Waals surface area contributed by atoms with Crippen LogP contribution in [0.1, 0.15) is 41.7 Å². The first kappa shape index (κ1) is 16.7. The number of carbonyl (C=O) groups excluding carboxylic acids is 2. The van der Waals surface area contributed by atoms with Crippen LogP contribution in [0.5, 0.6) is 5.75 Å². The lowest BCUT2D eigenvalue weighted by Gasteiger charge is -2.32. The summed E-state index contributed by atoms with van der Waals surface area (Å²) in [6.45, 7) is 4.01. The standard InChI is InChI=1S/C17H22N2O5/c1-11-14-5-4-12(16(20)18-22)9-15(14)24-8-6-19(11)17(21)13-3-2-7-23-10-13/h4-5,9,11,13,22H,2-3,6-8,10H2,1H3,(H,18,20)/t11?,13-/m1/s1. The van der Waals surface area contributed by atoms with Gasteiger partial charge in [0, 0.05) is 17.7 Å². The number of ether oxygens (including phenoxy) is 2. The van der Waals surface area contributed by atoms with E-state index >= 15 is 0 Å². The number of carbonyl (C=O) groups is 2. The minimum atomic E-state index is -0.592. The van der Waals surface area contributed by atoms with E-state index in [9.17, 15) is 9.59 Å². The molecular weight excluding hydrogens is 312 g/mol. The Balaban J connectivity index is 1.83. The molecule has 7 heteroatoms. The van der Waals surface area contributed by atoms with Crippen molar-refractivity contribution in [3.05, 3.63) is 29.3 Å². The Kier molecular flexibility index (Phi) is 5.01. The number of hydrogen-bond acceptors (Lipinski definition) is 5. The average Bonchev–Trinajstić information content (AvgIpc) is 2.79. The summed E-state index contributed by atoms with van der Waals surface area (Å²) in [7, 11) is 0. The van der Waals surface area contributed by atoms with Crippen molar-refractivity contribution >= 4 is 11.8 Å². The van der Waals surface area contributed by atoms with Gasteiger partial charge in [-0.15, -0.1) is 0 Å². The molecular formula is C17H22N2O5. The predicted octanol–water partition coefficient (Wildman–Crippen LogP) is 1.51. The molecule has 0 saturated carbocycles. The predicted molar refractivity (Wildman–Crippen MR) is 84.9 cm³/mol. The van der Waals surface area contributed by atoms with Crippen molar-refractivity contribution < 1.29 is 24.3 Å². The molecule has 0 bridgehead atoms. The van der Waals surface area contributed by atoms with Crippen LogP contribution < -0.4 is 10.2 Å². The van der Waals surface area contributed by atoms with Gasteiger partial charge in [0.05, 0.1) is 25.1 Å². The van der Waals surface area contributed by atoms with E-state index in [-0.39, 0.29) is 17.9 Å². The third-order valence-corrected chi connectivity index (χ3v) is 4.68. The Morgan fingerprint density at radius 3 is 2.88 bits per heavy atom. The molecule has 2 amide bonds. The Morgan fingerprint density at radius 2 is 2.17 bits per heavy atom. The van der Waals surface area contributed by atoms with Crippen molar-refractivity contribution in [3.63, 3.8) is 0 Å². The van der Waals surface area contributed by atoms with Crippen LogP contribution in [-0.2, 0) is 9.53 Å². The lowest BCUT2D eigenvalue weighted by molar-refractivity contribution is -0.142. The minimum absolute atomic E-state index is 0.0934. The summed E-state index contributed by atoms with van der Waals surface area (Å²) in [5, 5.41) is 8.75. The fourth-order valence-corrected chi connectivity index (χ4v) is 3.30. The van der Waals surface area contributed by atoms with Crippen LogP contribution in [0, 0.1) is 5.92 Å². The molecule has 1 unspecified atom stereocenters. The molecule has 0 aromatic heterocycles. The third kappa shape index (κ3) is 3.22. The number of nitrogens with one attached hydrogen (secondary N) is 1. The summed E-state index contributed by atoms with van der Waals surface area (Å²) in [5.74, 6) is -0.0256. The molecule has 1 saturated heterocycles. The van der Waals surface area contributed by atoms with Crippen LogP contribution in [-0.4, -0.2) is 48.3 Å². The maximum absolute atomic E-state index is 12.8. The summed E-state index contributed by atoms with van der Waals surface area (Å²) in [6.07, 6.45) is 1.76. The highest BCUT2D eigenvalue weighted by molar-refractivity contribution is 5.94. The fourth-order valence-electron chi connectivity index (χ4n) is 3.30. The first-order valence-electron chi connectivity index (χ1n) is 8.21. The maximum atomic E-state index is 12.8. The monoisotopic (exact) mass is 334 g/mol. The van der Waals surface area contributed by atoms with Crippen molar-refractivity contribution in [2.24, 2.45) is 5.92 Å². The Hall–Kier alpha value is -2.12. The molecule has 7 nitrogen and oxygen atoms in total. The van der Waals surface area contributed by atoms with E-state index in [1.165, 1.54) is 0 Å². The number of hydroxylamine groups is 1. The fraction of sp³-hybridized carbons (Fsp3) is 0.529. The maximum Gasteiger partial charge on any atom is 0.274 e. The highest BCUT2D eigenvalue weighted by Gasteiger charge is 2.32. The van der Waals surface area contributed by atoms with Gasteiger partial charge in [0.2, 0.25) is 5.91 Å². The Bertz CT molecular complexity index is 627. The summed E-state index contributed by atoms with van der Waals surface area (Å²) in [4.78, 5) is 26.2. The van der Waals surface area contributed by atoms with E-state index < -0.39 is 5.91 Å². The second-order valence-electron chi connectivity index (χ2n) is 6.16. The number of rotatable bonds is 2. The van der Waals surface area contributed by atoms with E-state index in [4.69, 9.17) is 14.7 Å². The first-order valence-corrected chi connectivity index (χ1v) is 8.21. The van der Waals surface area contributed by atoms with Crippen LogP contribution in [0.15, 0.2) is 18.2 Å². The zero-order valence-electron chi connectivity index (χ0n) is 13.7. The zero-order valence-corrected chi connectivity index (χ0v) is 13.7. The van der Waals surface area contributed by atoms with E-state index in [1.54, 1.807) is 23.7 Å². The quantitative estimate of drug-likeness (QED) is 0.632. The number of benzene rings is 1.